The number of allylic oxidation sites excluding steroid dienone is 2. The van der Waals surface area contributed by atoms with Crippen LogP contribution in [0.4, 0.5) is 0 Å². The minimum Gasteiger partial charge on any atom is -0.481 e. The van der Waals surface area contributed by atoms with Crippen LogP contribution in [0.15, 0.2) is 30.4 Å². The molecule has 2 unspecified atom stereocenters. The summed E-state index contributed by atoms with van der Waals surface area (Å²) < 4.78 is 2.06. The van der Waals surface area contributed by atoms with Gasteiger partial charge in [0.15, 0.2) is 0 Å². The molecule has 20 heavy (non-hydrogen) atoms. The highest BCUT2D eigenvalue weighted by molar-refractivity contribution is 5.80. The number of hydrogen-bond acceptors (Lipinski definition) is 2. The van der Waals surface area contributed by atoms with Gasteiger partial charge >= 0.3 is 5.97 Å². The van der Waals surface area contributed by atoms with Gasteiger partial charge in [-0.15, -0.1) is 0 Å². The Bertz CT molecular complexity index is 700. The Balaban J connectivity index is 2.14. The van der Waals surface area contributed by atoms with Gasteiger partial charge in [0.2, 0.25) is 0 Å². The maximum Gasteiger partial charge on any atom is 0.307 e. The maximum absolute atomic E-state index is 11.5. The molecule has 2 aromatic rings. The summed E-state index contributed by atoms with van der Waals surface area (Å²) in [6.07, 6.45) is 5.36. The van der Waals surface area contributed by atoms with E-state index in [0.29, 0.717) is 6.42 Å². The Morgan fingerprint density at radius 2 is 2.10 bits per heavy atom. The number of carboxylic acid groups (broad SMARTS) is 1. The van der Waals surface area contributed by atoms with Crippen LogP contribution in [0.25, 0.3) is 11.0 Å². The molecule has 1 aromatic carbocycles. The first-order valence-electron chi connectivity index (χ1n) is 6.89. The van der Waals surface area contributed by atoms with Gasteiger partial charge in [-0.2, -0.15) is 0 Å². The number of hydrogen-bond donors (Lipinski definition) is 1. The molecular formula is C16H18N2O2. The average Bonchev–Trinajstić information content (AvgIpc) is 2.77. The Morgan fingerprint density at radius 1 is 1.35 bits per heavy atom. The molecule has 1 aromatic heterocycles. The Kier molecular flexibility index (Phi) is 3.08. The molecule has 1 N–H and O–H groups in total. The molecule has 1 aliphatic carbocycles. The number of aromatic nitrogens is 2. The molecule has 0 amide bonds. The summed E-state index contributed by atoms with van der Waals surface area (Å²) in [6, 6.07) is 6.04. The second-order valence-electron chi connectivity index (χ2n) is 5.47. The van der Waals surface area contributed by atoms with Crippen molar-refractivity contribution in [2.24, 2.45) is 13.0 Å². The molecule has 0 saturated heterocycles. The van der Waals surface area contributed by atoms with Gasteiger partial charge in [0.25, 0.3) is 0 Å². The van der Waals surface area contributed by atoms with Crippen molar-refractivity contribution < 1.29 is 9.90 Å². The summed E-state index contributed by atoms with van der Waals surface area (Å²) in [5.74, 6) is -0.278. The van der Waals surface area contributed by atoms with Gasteiger partial charge in [0, 0.05) is 13.0 Å². The molecule has 0 fully saturated rings. The number of aliphatic carboxylic acids is 1. The lowest BCUT2D eigenvalue weighted by atomic mass is 9.82. The smallest absolute Gasteiger partial charge is 0.307 e. The minimum absolute atomic E-state index is 0.0469. The molecule has 0 bridgehead atoms. The number of nitrogens with zero attached hydrogens (tertiary/aromatic N) is 2. The second-order valence-corrected chi connectivity index (χ2v) is 5.47. The maximum atomic E-state index is 11.5. The fourth-order valence-corrected chi connectivity index (χ4v) is 3.19. The molecule has 4 nitrogen and oxygen atoms in total. The van der Waals surface area contributed by atoms with Crippen LogP contribution in [-0.4, -0.2) is 20.6 Å². The zero-order valence-electron chi connectivity index (χ0n) is 11.7. The standard InChI is InChI=1S/C16H18N2O2/c1-10-6-5-9-13-14(10)18(2)15(17-13)11-7-3-4-8-12(11)16(19)20/h3-6,9,11-12H,7-8H2,1-2H3,(H,19,20). The summed E-state index contributed by atoms with van der Waals surface area (Å²) >= 11 is 0. The first kappa shape index (κ1) is 12.9. The zero-order valence-corrected chi connectivity index (χ0v) is 11.7. The van der Waals surface area contributed by atoms with E-state index >= 15 is 0 Å². The van der Waals surface area contributed by atoms with Crippen molar-refractivity contribution in [3.05, 3.63) is 41.7 Å². The number of benzene rings is 1. The van der Waals surface area contributed by atoms with E-state index in [-0.39, 0.29) is 11.8 Å². The van der Waals surface area contributed by atoms with Crippen LogP contribution in [0.2, 0.25) is 0 Å². The number of imidazole rings is 1. The van der Waals surface area contributed by atoms with Gasteiger partial charge in [-0.3, -0.25) is 4.79 Å². The van der Waals surface area contributed by atoms with E-state index in [1.165, 1.54) is 5.56 Å². The first-order valence-corrected chi connectivity index (χ1v) is 6.89. The van der Waals surface area contributed by atoms with Gasteiger partial charge in [-0.25, -0.2) is 4.98 Å². The number of aryl methyl sites for hydroxylation is 2. The van der Waals surface area contributed by atoms with Crippen molar-refractivity contribution in [3.63, 3.8) is 0 Å². The highest BCUT2D eigenvalue weighted by Gasteiger charge is 2.33. The zero-order chi connectivity index (χ0) is 14.3. The summed E-state index contributed by atoms with van der Waals surface area (Å²) in [6.45, 7) is 2.06. The lowest BCUT2D eigenvalue weighted by molar-refractivity contribution is -0.142. The molecule has 0 aliphatic heterocycles. The minimum atomic E-state index is -0.733. The molecule has 0 radical (unpaired) electrons. The van der Waals surface area contributed by atoms with Crippen LogP contribution < -0.4 is 0 Å². The normalized spacial score (nSPS) is 22.3. The lowest BCUT2D eigenvalue weighted by Crippen LogP contribution is -2.25. The van der Waals surface area contributed by atoms with Crippen molar-refractivity contribution in [1.82, 2.24) is 9.55 Å². The third-order valence-electron chi connectivity index (χ3n) is 4.21. The highest BCUT2D eigenvalue weighted by atomic mass is 16.4. The molecule has 104 valence electrons. The summed E-state index contributed by atoms with van der Waals surface area (Å²) in [5.41, 5.74) is 3.21. The summed E-state index contributed by atoms with van der Waals surface area (Å²) in [4.78, 5) is 16.2. The van der Waals surface area contributed by atoms with Crippen LogP contribution in [-0.2, 0) is 11.8 Å². The van der Waals surface area contributed by atoms with E-state index in [9.17, 15) is 9.90 Å². The van der Waals surface area contributed by atoms with E-state index in [2.05, 4.69) is 23.6 Å². The number of fused-ring (bicyclic) bond motifs is 1. The fraction of sp³-hybridized carbons (Fsp3) is 0.375. The molecule has 1 heterocycles. The monoisotopic (exact) mass is 270 g/mol. The molecular weight excluding hydrogens is 252 g/mol. The number of para-hydroxylation sites is 1. The molecule has 1 aliphatic rings. The van der Waals surface area contributed by atoms with Crippen LogP contribution in [0.5, 0.6) is 0 Å². The van der Waals surface area contributed by atoms with E-state index in [1.807, 2.05) is 25.3 Å². The van der Waals surface area contributed by atoms with Crippen LogP contribution in [0.1, 0.15) is 30.1 Å². The number of carboxylic acids is 1. The van der Waals surface area contributed by atoms with Gasteiger partial charge in [-0.1, -0.05) is 24.3 Å². The van der Waals surface area contributed by atoms with Crippen molar-refractivity contribution in [2.75, 3.05) is 0 Å². The third-order valence-corrected chi connectivity index (χ3v) is 4.21. The molecule has 2 atom stereocenters. The number of carbonyl (C=O) groups is 1. The Hall–Kier alpha value is -2.10. The molecule has 4 heteroatoms. The van der Waals surface area contributed by atoms with Gasteiger partial charge in [0.05, 0.1) is 17.0 Å². The largest absolute Gasteiger partial charge is 0.481 e. The van der Waals surface area contributed by atoms with Crippen molar-refractivity contribution in [1.29, 1.82) is 0 Å². The highest BCUT2D eigenvalue weighted by Crippen LogP contribution is 2.35. The molecule has 0 saturated carbocycles. The third kappa shape index (κ3) is 1.92. The predicted octanol–water partition coefficient (Wildman–Crippen LogP) is 3.02. The van der Waals surface area contributed by atoms with Crippen LogP contribution in [0, 0.1) is 12.8 Å². The second kappa shape index (κ2) is 4.78. The van der Waals surface area contributed by atoms with Gasteiger partial charge in [-0.05, 0) is 31.4 Å². The van der Waals surface area contributed by atoms with Gasteiger partial charge < -0.3 is 9.67 Å². The quantitative estimate of drug-likeness (QED) is 0.853. The summed E-state index contributed by atoms with van der Waals surface area (Å²) in [5, 5.41) is 9.42. The molecule has 0 spiro atoms. The van der Waals surface area contributed by atoms with E-state index < -0.39 is 5.97 Å². The summed E-state index contributed by atoms with van der Waals surface area (Å²) in [7, 11) is 1.98. The van der Waals surface area contributed by atoms with E-state index in [0.717, 1.165) is 23.3 Å². The topological polar surface area (TPSA) is 55.1 Å². The molecule has 3 rings (SSSR count). The predicted molar refractivity (Wildman–Crippen MR) is 77.7 cm³/mol. The van der Waals surface area contributed by atoms with Crippen molar-refractivity contribution >= 4 is 17.0 Å². The van der Waals surface area contributed by atoms with E-state index in [4.69, 9.17) is 4.98 Å². The fourth-order valence-electron chi connectivity index (χ4n) is 3.19. The van der Waals surface area contributed by atoms with E-state index in [1.54, 1.807) is 0 Å². The van der Waals surface area contributed by atoms with Crippen molar-refractivity contribution in [2.45, 2.75) is 25.7 Å². The number of rotatable bonds is 2. The average molecular weight is 270 g/mol. The first-order chi connectivity index (χ1) is 9.59. The lowest BCUT2D eigenvalue weighted by Gasteiger charge is -2.24. The SMILES string of the molecule is Cc1cccc2nc(C3CC=CCC3C(=O)O)n(C)c12. The van der Waals surface area contributed by atoms with Crippen molar-refractivity contribution in [3.8, 4) is 0 Å². The van der Waals surface area contributed by atoms with Crippen LogP contribution in [0.3, 0.4) is 0 Å². The van der Waals surface area contributed by atoms with Gasteiger partial charge in [0.1, 0.15) is 5.82 Å². The Morgan fingerprint density at radius 3 is 2.80 bits per heavy atom. The Labute approximate surface area is 117 Å². The van der Waals surface area contributed by atoms with Crippen LogP contribution >= 0.6 is 0 Å².